The summed E-state index contributed by atoms with van der Waals surface area (Å²) < 4.78 is 22.5. The van der Waals surface area contributed by atoms with Crippen molar-refractivity contribution in [1.29, 1.82) is 0 Å². The molecular formula is C12H16BrNO3S. The van der Waals surface area contributed by atoms with Crippen LogP contribution in [0.5, 0.6) is 0 Å². The van der Waals surface area contributed by atoms with Gasteiger partial charge in [-0.2, -0.15) is 0 Å². The Balaban J connectivity index is 3.31. The van der Waals surface area contributed by atoms with Gasteiger partial charge < -0.3 is 5.73 Å². The van der Waals surface area contributed by atoms with Crippen LogP contribution in [0, 0.1) is 0 Å². The molecule has 0 aliphatic carbocycles. The first kappa shape index (κ1) is 15.2. The minimum absolute atomic E-state index is 0.0971. The second-order valence-corrected chi connectivity index (χ2v) is 8.32. The Kier molecular flexibility index (Phi) is 4.55. The average molecular weight is 334 g/mol. The number of hydrogen-bond donors (Lipinski definition) is 1. The van der Waals surface area contributed by atoms with Crippen LogP contribution in [0.2, 0.25) is 0 Å². The third-order valence-electron chi connectivity index (χ3n) is 2.82. The maximum absolute atomic E-state index is 12.4. The lowest BCUT2D eigenvalue weighted by molar-refractivity contribution is 0.0976. The SMILES string of the molecule is CC[C@@](Br)(C(=O)c1cccc(N)c1)S(=O)(=O)CC. The molecule has 18 heavy (non-hydrogen) atoms. The monoisotopic (exact) mass is 333 g/mol. The van der Waals surface area contributed by atoms with E-state index in [2.05, 4.69) is 15.9 Å². The number of carbonyl (C=O) groups is 1. The van der Waals surface area contributed by atoms with Crippen molar-refractivity contribution in [2.24, 2.45) is 0 Å². The Labute approximate surface area is 116 Å². The van der Waals surface area contributed by atoms with Crippen molar-refractivity contribution in [2.45, 2.75) is 23.9 Å². The molecule has 0 aromatic heterocycles. The van der Waals surface area contributed by atoms with Gasteiger partial charge in [0.15, 0.2) is 19.3 Å². The van der Waals surface area contributed by atoms with Gasteiger partial charge in [-0.25, -0.2) is 8.42 Å². The molecule has 1 aromatic rings. The third-order valence-corrected chi connectivity index (χ3v) is 7.44. The van der Waals surface area contributed by atoms with E-state index in [1.165, 1.54) is 13.0 Å². The number of nitrogen functional groups attached to an aromatic ring is 1. The molecule has 4 nitrogen and oxygen atoms in total. The van der Waals surface area contributed by atoms with Gasteiger partial charge in [0.25, 0.3) is 0 Å². The molecule has 1 aromatic carbocycles. The van der Waals surface area contributed by atoms with Gasteiger partial charge >= 0.3 is 0 Å². The standard InChI is InChI=1S/C12H16BrNO3S/c1-3-12(13,18(16,17)4-2)11(15)9-6-5-7-10(14)8-9/h5-8H,3-4,14H2,1-2H3/t12-/m0/s1. The molecule has 0 heterocycles. The Hall–Kier alpha value is -0.880. The molecule has 0 aliphatic heterocycles. The highest BCUT2D eigenvalue weighted by Crippen LogP contribution is 2.34. The number of halogens is 1. The summed E-state index contributed by atoms with van der Waals surface area (Å²) in [6.45, 7) is 3.18. The highest BCUT2D eigenvalue weighted by atomic mass is 79.9. The van der Waals surface area contributed by atoms with Gasteiger partial charge in [-0.05, 0) is 18.6 Å². The largest absolute Gasteiger partial charge is 0.399 e. The quantitative estimate of drug-likeness (QED) is 0.509. The maximum Gasteiger partial charge on any atom is 0.194 e. The molecule has 0 aliphatic rings. The first-order chi connectivity index (χ1) is 8.28. The van der Waals surface area contributed by atoms with Gasteiger partial charge in [0.1, 0.15) is 0 Å². The highest BCUT2D eigenvalue weighted by Gasteiger charge is 2.45. The Morgan fingerprint density at radius 2 is 2.00 bits per heavy atom. The molecule has 0 fully saturated rings. The van der Waals surface area contributed by atoms with Crippen molar-refractivity contribution in [1.82, 2.24) is 0 Å². The minimum Gasteiger partial charge on any atom is -0.399 e. The van der Waals surface area contributed by atoms with E-state index in [1.807, 2.05) is 0 Å². The summed E-state index contributed by atoms with van der Waals surface area (Å²) in [5.41, 5.74) is 6.33. The number of sulfone groups is 1. The summed E-state index contributed by atoms with van der Waals surface area (Å²) in [5, 5.41) is 0. The Morgan fingerprint density at radius 1 is 1.39 bits per heavy atom. The molecule has 0 radical (unpaired) electrons. The zero-order chi connectivity index (χ0) is 14.0. The molecule has 0 spiro atoms. The maximum atomic E-state index is 12.4. The Bertz CT molecular complexity index is 556. The van der Waals surface area contributed by atoms with Crippen molar-refractivity contribution in [3.05, 3.63) is 29.8 Å². The zero-order valence-electron chi connectivity index (χ0n) is 10.3. The van der Waals surface area contributed by atoms with Crippen molar-refractivity contribution in [3.63, 3.8) is 0 Å². The van der Waals surface area contributed by atoms with Gasteiger partial charge in [-0.1, -0.05) is 41.9 Å². The normalized spacial score (nSPS) is 15.1. The molecule has 1 atom stereocenters. The molecule has 0 unspecified atom stereocenters. The van der Waals surface area contributed by atoms with Crippen LogP contribution in [-0.2, 0) is 9.84 Å². The van der Waals surface area contributed by atoms with Gasteiger partial charge in [0.05, 0.1) is 0 Å². The fourth-order valence-electron chi connectivity index (χ4n) is 1.65. The van der Waals surface area contributed by atoms with Crippen molar-refractivity contribution in [3.8, 4) is 0 Å². The van der Waals surface area contributed by atoms with Crippen LogP contribution in [0.4, 0.5) is 5.69 Å². The van der Waals surface area contributed by atoms with Gasteiger partial charge in [-0.3, -0.25) is 4.79 Å². The van der Waals surface area contributed by atoms with E-state index in [1.54, 1.807) is 25.1 Å². The lowest BCUT2D eigenvalue weighted by Crippen LogP contribution is -2.41. The smallest absolute Gasteiger partial charge is 0.194 e. The average Bonchev–Trinajstić information content (AvgIpc) is 2.36. The topological polar surface area (TPSA) is 77.2 Å². The summed E-state index contributed by atoms with van der Waals surface area (Å²) in [6, 6.07) is 6.33. The zero-order valence-corrected chi connectivity index (χ0v) is 12.7. The molecule has 0 bridgehead atoms. The molecule has 6 heteroatoms. The number of anilines is 1. The van der Waals surface area contributed by atoms with Crippen LogP contribution in [0.25, 0.3) is 0 Å². The third kappa shape index (κ3) is 2.59. The Morgan fingerprint density at radius 3 is 2.44 bits per heavy atom. The summed E-state index contributed by atoms with van der Waals surface area (Å²) in [7, 11) is -3.54. The molecule has 100 valence electrons. The number of ketones is 1. The predicted molar refractivity (Wildman–Crippen MR) is 76.6 cm³/mol. The van der Waals surface area contributed by atoms with Crippen LogP contribution in [0.15, 0.2) is 24.3 Å². The van der Waals surface area contributed by atoms with Crippen LogP contribution >= 0.6 is 15.9 Å². The number of carbonyl (C=O) groups excluding carboxylic acids is 1. The molecular weight excluding hydrogens is 318 g/mol. The number of hydrogen-bond acceptors (Lipinski definition) is 4. The number of alkyl halides is 1. The van der Waals surface area contributed by atoms with Crippen molar-refractivity contribution >= 4 is 37.2 Å². The summed E-state index contributed by atoms with van der Waals surface area (Å²) in [4.78, 5) is 12.4. The van der Waals surface area contributed by atoms with E-state index in [-0.39, 0.29) is 12.2 Å². The molecule has 0 amide bonds. The van der Waals surface area contributed by atoms with E-state index >= 15 is 0 Å². The fourth-order valence-corrected chi connectivity index (χ4v) is 3.86. The number of Topliss-reactive ketones (excluding diaryl/α,β-unsaturated/α-hetero) is 1. The van der Waals surface area contributed by atoms with Gasteiger partial charge in [0, 0.05) is 17.0 Å². The number of benzene rings is 1. The van der Waals surface area contributed by atoms with Crippen LogP contribution in [-0.4, -0.2) is 23.6 Å². The molecule has 0 saturated heterocycles. The van der Waals surface area contributed by atoms with Crippen molar-refractivity contribution in [2.75, 3.05) is 11.5 Å². The predicted octanol–water partition coefficient (Wildman–Crippen LogP) is 2.39. The van der Waals surface area contributed by atoms with Crippen LogP contribution < -0.4 is 5.73 Å². The summed E-state index contributed by atoms with van der Waals surface area (Å²) in [5.74, 6) is -0.570. The van der Waals surface area contributed by atoms with Crippen LogP contribution in [0.1, 0.15) is 30.6 Å². The molecule has 2 N–H and O–H groups in total. The first-order valence-corrected chi connectivity index (χ1v) is 8.04. The van der Waals surface area contributed by atoms with E-state index in [4.69, 9.17) is 5.73 Å². The van der Waals surface area contributed by atoms with Gasteiger partial charge in [-0.15, -0.1) is 0 Å². The first-order valence-electron chi connectivity index (χ1n) is 5.60. The van der Waals surface area contributed by atoms with Crippen LogP contribution in [0.3, 0.4) is 0 Å². The molecule has 1 rings (SSSR count). The lowest BCUT2D eigenvalue weighted by Gasteiger charge is -2.24. The molecule has 0 saturated carbocycles. The highest BCUT2D eigenvalue weighted by molar-refractivity contribution is 9.12. The fraction of sp³-hybridized carbons (Fsp3) is 0.417. The number of nitrogens with two attached hydrogens (primary N) is 1. The van der Waals surface area contributed by atoms with Crippen molar-refractivity contribution < 1.29 is 13.2 Å². The second-order valence-electron chi connectivity index (χ2n) is 3.94. The van der Waals surface area contributed by atoms with E-state index in [0.29, 0.717) is 11.3 Å². The van der Waals surface area contributed by atoms with E-state index < -0.39 is 19.3 Å². The summed E-state index contributed by atoms with van der Waals surface area (Å²) >= 11 is 3.11. The summed E-state index contributed by atoms with van der Waals surface area (Å²) in [6.07, 6.45) is 0.163. The minimum atomic E-state index is -3.54. The second kappa shape index (κ2) is 5.40. The van der Waals surface area contributed by atoms with Gasteiger partial charge in [0.2, 0.25) is 0 Å². The lowest BCUT2D eigenvalue weighted by atomic mass is 10.1. The number of rotatable bonds is 5. The van der Waals surface area contributed by atoms with E-state index in [9.17, 15) is 13.2 Å². The van der Waals surface area contributed by atoms with E-state index in [0.717, 1.165) is 0 Å².